The minimum absolute atomic E-state index is 0.169. The van der Waals surface area contributed by atoms with Gasteiger partial charge >= 0.3 is 15.1 Å². The summed E-state index contributed by atoms with van der Waals surface area (Å²) in [5.41, 5.74) is 4.08. The summed E-state index contributed by atoms with van der Waals surface area (Å²) in [5, 5.41) is 8.80. The van der Waals surface area contributed by atoms with Crippen LogP contribution in [0, 0.1) is 26.7 Å². The summed E-state index contributed by atoms with van der Waals surface area (Å²) in [4.78, 5) is 23.0. The molecule has 2 atom stereocenters. The molecule has 4 nitrogen and oxygen atoms in total. The van der Waals surface area contributed by atoms with Gasteiger partial charge in [0.2, 0.25) is 0 Å². The van der Waals surface area contributed by atoms with Crippen LogP contribution < -0.4 is 0 Å². The van der Waals surface area contributed by atoms with Gasteiger partial charge in [0.25, 0.3) is 0 Å². The highest BCUT2D eigenvalue weighted by molar-refractivity contribution is 7.00. The molecule has 1 aromatic rings. The highest BCUT2D eigenvalue weighted by Gasteiger charge is 2.14. The molecule has 1 rings (SSSR count). The van der Waals surface area contributed by atoms with Crippen molar-refractivity contribution < 1.29 is 19.3 Å². The van der Waals surface area contributed by atoms with Crippen molar-refractivity contribution in [1.82, 2.24) is 0 Å². The molecule has 0 heterocycles. The summed E-state index contributed by atoms with van der Waals surface area (Å²) >= 11 is 0. The van der Waals surface area contributed by atoms with Gasteiger partial charge in [-0.3, -0.25) is 9.59 Å². The van der Waals surface area contributed by atoms with E-state index in [0.29, 0.717) is 12.8 Å². The molecule has 2 unspecified atom stereocenters. The first-order valence-electron chi connectivity index (χ1n) is 7.40. The number of carbonyl (C=O) groups is 2. The number of aliphatic carboxylic acids is 1. The van der Waals surface area contributed by atoms with Crippen LogP contribution in [0.3, 0.4) is 0 Å². The Labute approximate surface area is 134 Å². The van der Waals surface area contributed by atoms with Crippen molar-refractivity contribution in [3.05, 3.63) is 34.4 Å². The Morgan fingerprint density at radius 3 is 2.05 bits per heavy atom. The Hall–Kier alpha value is -1.54. The standard InChI is InChI=1S/C17H24O3.H2OP/c1-11-9-13(3)16(14(4)10-11)15(18)8-6-5-7-12(2)17(19)20;1-2/h9-10,12H,5-8H2,1-4H3,(H,19,20);2H2/q;+1. The van der Waals surface area contributed by atoms with Crippen molar-refractivity contribution in [3.8, 4) is 0 Å². The molecule has 0 aliphatic carbocycles. The Morgan fingerprint density at radius 2 is 1.59 bits per heavy atom. The van der Waals surface area contributed by atoms with Crippen LogP contribution in [-0.4, -0.2) is 16.9 Å². The van der Waals surface area contributed by atoms with Crippen LogP contribution >= 0.6 is 9.12 Å². The zero-order chi connectivity index (χ0) is 17.3. The lowest BCUT2D eigenvalue weighted by molar-refractivity contribution is -0.141. The molecule has 1 N–H and O–H groups in total. The van der Waals surface area contributed by atoms with Gasteiger partial charge in [-0.05, 0) is 44.7 Å². The van der Waals surface area contributed by atoms with Crippen LogP contribution in [0.5, 0.6) is 0 Å². The Morgan fingerprint density at radius 1 is 1.09 bits per heavy atom. The zero-order valence-electron chi connectivity index (χ0n) is 13.8. The van der Waals surface area contributed by atoms with E-state index in [9.17, 15) is 9.59 Å². The average molecular weight is 325 g/mol. The molecular formula is C17H26O4P+. The summed E-state index contributed by atoms with van der Waals surface area (Å²) in [6.07, 6.45) is 2.66. The summed E-state index contributed by atoms with van der Waals surface area (Å²) in [6, 6.07) is 4.07. The fraction of sp³-hybridized carbons (Fsp3) is 0.529. The molecular weight excluding hydrogens is 299 g/mol. The Bertz CT molecular complexity index is 502. The van der Waals surface area contributed by atoms with E-state index in [-0.39, 0.29) is 11.7 Å². The molecule has 0 spiro atoms. The molecule has 0 amide bonds. The lowest BCUT2D eigenvalue weighted by Crippen LogP contribution is -2.09. The van der Waals surface area contributed by atoms with E-state index in [0.717, 1.165) is 29.5 Å². The first kappa shape index (κ1) is 20.5. The largest absolute Gasteiger partial charge is 0.481 e. The minimum Gasteiger partial charge on any atom is -0.481 e. The van der Waals surface area contributed by atoms with E-state index in [4.69, 9.17) is 9.67 Å². The monoisotopic (exact) mass is 325 g/mol. The third-order valence-corrected chi connectivity index (χ3v) is 3.67. The second-order valence-corrected chi connectivity index (χ2v) is 5.68. The minimum atomic E-state index is -0.762. The predicted octanol–water partition coefficient (Wildman–Crippen LogP) is 4.28. The molecule has 0 radical (unpaired) electrons. The van der Waals surface area contributed by atoms with Gasteiger partial charge in [-0.15, -0.1) is 0 Å². The molecule has 122 valence electrons. The van der Waals surface area contributed by atoms with Gasteiger partial charge in [-0.1, -0.05) is 35.6 Å². The molecule has 0 saturated heterocycles. The van der Waals surface area contributed by atoms with Crippen molar-refractivity contribution >= 4 is 20.9 Å². The number of rotatable bonds is 7. The van der Waals surface area contributed by atoms with Crippen molar-refractivity contribution in [2.24, 2.45) is 5.92 Å². The third-order valence-electron chi connectivity index (χ3n) is 3.67. The van der Waals surface area contributed by atoms with Gasteiger partial charge < -0.3 is 5.11 Å². The Balaban J connectivity index is 0.00000211. The van der Waals surface area contributed by atoms with Crippen LogP contribution in [0.25, 0.3) is 0 Å². The van der Waals surface area contributed by atoms with Gasteiger partial charge in [0.15, 0.2) is 5.78 Å². The highest BCUT2D eigenvalue weighted by Crippen LogP contribution is 2.20. The quantitative estimate of drug-likeness (QED) is 0.461. The van der Waals surface area contributed by atoms with Crippen molar-refractivity contribution in [2.75, 3.05) is 0 Å². The number of Topliss-reactive ketones (excluding diaryl/α,β-unsaturated/α-hetero) is 1. The zero-order valence-corrected chi connectivity index (χ0v) is 15.0. The van der Waals surface area contributed by atoms with Crippen molar-refractivity contribution in [2.45, 2.75) is 53.4 Å². The van der Waals surface area contributed by atoms with Crippen LogP contribution in [0.4, 0.5) is 0 Å². The van der Waals surface area contributed by atoms with Crippen molar-refractivity contribution in [3.63, 3.8) is 0 Å². The molecule has 0 aromatic heterocycles. The topological polar surface area (TPSA) is 71.4 Å². The second-order valence-electron chi connectivity index (χ2n) is 5.68. The van der Waals surface area contributed by atoms with Crippen LogP contribution in [0.2, 0.25) is 0 Å². The van der Waals surface area contributed by atoms with Gasteiger partial charge in [0.05, 0.1) is 5.92 Å². The predicted molar refractivity (Wildman–Crippen MR) is 90.6 cm³/mol. The van der Waals surface area contributed by atoms with Crippen molar-refractivity contribution in [1.29, 1.82) is 0 Å². The molecule has 5 heteroatoms. The smallest absolute Gasteiger partial charge is 0.310 e. The molecule has 0 aliphatic heterocycles. The van der Waals surface area contributed by atoms with E-state index in [2.05, 4.69) is 0 Å². The maximum absolute atomic E-state index is 12.3. The van der Waals surface area contributed by atoms with Crippen LogP contribution in [0.15, 0.2) is 12.1 Å². The van der Waals surface area contributed by atoms with E-state index >= 15 is 0 Å². The molecule has 0 bridgehead atoms. The number of unbranched alkanes of at least 4 members (excludes halogenated alkanes) is 1. The van der Waals surface area contributed by atoms with Gasteiger partial charge in [0, 0.05) is 12.0 Å². The first-order chi connectivity index (χ1) is 10.3. The lowest BCUT2D eigenvalue weighted by Gasteiger charge is -2.10. The number of carboxylic acid groups (broad SMARTS) is 1. The number of carboxylic acids is 1. The fourth-order valence-electron chi connectivity index (χ4n) is 2.60. The maximum Gasteiger partial charge on any atom is 0.310 e. The fourth-order valence-corrected chi connectivity index (χ4v) is 2.60. The van der Waals surface area contributed by atoms with Gasteiger partial charge in [-0.25, -0.2) is 0 Å². The van der Waals surface area contributed by atoms with Crippen LogP contribution in [-0.2, 0) is 9.36 Å². The molecule has 1 aromatic carbocycles. The molecule has 22 heavy (non-hydrogen) atoms. The molecule has 0 saturated carbocycles. The number of hydrogen-bond acceptors (Lipinski definition) is 3. The van der Waals surface area contributed by atoms with Gasteiger partial charge in [-0.2, -0.15) is 0 Å². The normalized spacial score (nSPS) is 11.3. The maximum atomic E-state index is 12.3. The van der Waals surface area contributed by atoms with E-state index in [1.807, 2.05) is 32.9 Å². The number of benzene rings is 1. The highest BCUT2D eigenvalue weighted by atomic mass is 31.0. The summed E-state index contributed by atoms with van der Waals surface area (Å²) < 4.78 is 8.17. The number of hydrogen-bond donors (Lipinski definition) is 1. The van der Waals surface area contributed by atoms with Crippen LogP contribution in [0.1, 0.15) is 59.7 Å². The number of ketones is 1. The summed E-state index contributed by atoms with van der Waals surface area (Å²) in [7, 11) is 1.17. The number of carbonyl (C=O) groups excluding carboxylic acids is 1. The third kappa shape index (κ3) is 6.48. The first-order valence-corrected chi connectivity index (χ1v) is 7.87. The second kappa shape index (κ2) is 10.2. The SMILES string of the molecule is Cc1cc(C)c(C(=O)CCCCC(C)C(=O)O)c(C)c1.O=[PH2+]. The summed E-state index contributed by atoms with van der Waals surface area (Å²) in [5.74, 6) is -0.919. The Kier molecular flexibility index (Phi) is 9.51. The van der Waals surface area contributed by atoms with E-state index < -0.39 is 5.97 Å². The van der Waals surface area contributed by atoms with E-state index in [1.165, 1.54) is 14.7 Å². The van der Waals surface area contributed by atoms with Gasteiger partial charge in [0.1, 0.15) is 0 Å². The van der Waals surface area contributed by atoms with E-state index in [1.54, 1.807) is 6.92 Å². The molecule has 0 fully saturated rings. The molecule has 0 aliphatic rings. The average Bonchev–Trinajstić information content (AvgIpc) is 2.44. The lowest BCUT2D eigenvalue weighted by atomic mass is 9.93. The number of aryl methyl sites for hydroxylation is 3. The summed E-state index contributed by atoms with van der Waals surface area (Å²) in [6.45, 7) is 7.68.